The SMILES string of the molecule is COc1ccccc1C(=O)COC(=O)c1ccc(C)c(-n2cccc2)c1. The van der Waals surface area contributed by atoms with Gasteiger partial charge in [-0.05, 0) is 48.9 Å². The Hall–Kier alpha value is -3.34. The molecule has 1 heterocycles. The van der Waals surface area contributed by atoms with Crippen LogP contribution >= 0.6 is 0 Å². The standard InChI is InChI=1S/C21H19NO4/c1-15-9-10-16(13-18(15)22-11-5-6-12-22)21(24)26-14-19(23)17-7-3-4-8-20(17)25-2/h3-13H,14H2,1-2H3. The maximum atomic E-state index is 12.4. The Labute approximate surface area is 151 Å². The van der Waals surface area contributed by atoms with Crippen LogP contribution in [-0.4, -0.2) is 30.0 Å². The Bertz CT molecular complexity index is 929. The number of para-hydroxylation sites is 1. The Morgan fingerprint density at radius 2 is 1.73 bits per heavy atom. The molecule has 0 aliphatic heterocycles. The Morgan fingerprint density at radius 1 is 1.00 bits per heavy atom. The molecule has 0 bridgehead atoms. The van der Waals surface area contributed by atoms with E-state index < -0.39 is 5.97 Å². The van der Waals surface area contributed by atoms with E-state index in [4.69, 9.17) is 9.47 Å². The predicted molar refractivity (Wildman–Crippen MR) is 98.1 cm³/mol. The van der Waals surface area contributed by atoms with Gasteiger partial charge in [-0.3, -0.25) is 4.79 Å². The molecule has 0 aliphatic carbocycles. The van der Waals surface area contributed by atoms with E-state index >= 15 is 0 Å². The second-order valence-electron chi connectivity index (χ2n) is 5.79. The number of ketones is 1. The first kappa shape index (κ1) is 17.5. The highest BCUT2D eigenvalue weighted by Crippen LogP contribution is 2.19. The van der Waals surface area contributed by atoms with Crippen molar-refractivity contribution in [3.05, 3.63) is 83.7 Å². The first-order chi connectivity index (χ1) is 12.6. The summed E-state index contributed by atoms with van der Waals surface area (Å²) >= 11 is 0. The van der Waals surface area contributed by atoms with Crippen LogP contribution in [0.15, 0.2) is 67.0 Å². The number of aryl methyl sites for hydroxylation is 1. The van der Waals surface area contributed by atoms with E-state index in [2.05, 4.69) is 0 Å². The number of Topliss-reactive ketones (excluding diaryl/α,β-unsaturated/α-hetero) is 1. The first-order valence-electron chi connectivity index (χ1n) is 8.17. The fraction of sp³-hybridized carbons (Fsp3) is 0.143. The van der Waals surface area contributed by atoms with Gasteiger partial charge in [-0.15, -0.1) is 0 Å². The van der Waals surface area contributed by atoms with E-state index in [1.807, 2.05) is 42.1 Å². The molecule has 0 amide bonds. The van der Waals surface area contributed by atoms with E-state index in [1.54, 1.807) is 36.4 Å². The van der Waals surface area contributed by atoms with Gasteiger partial charge in [-0.1, -0.05) is 18.2 Å². The number of hydrogen-bond acceptors (Lipinski definition) is 4. The van der Waals surface area contributed by atoms with Gasteiger partial charge in [0.25, 0.3) is 0 Å². The minimum Gasteiger partial charge on any atom is -0.496 e. The van der Waals surface area contributed by atoms with Gasteiger partial charge in [-0.25, -0.2) is 4.79 Å². The van der Waals surface area contributed by atoms with Crippen molar-refractivity contribution >= 4 is 11.8 Å². The average Bonchev–Trinajstić information content (AvgIpc) is 3.20. The van der Waals surface area contributed by atoms with Gasteiger partial charge in [0.05, 0.1) is 18.2 Å². The molecule has 0 atom stereocenters. The first-order valence-corrected chi connectivity index (χ1v) is 8.17. The van der Waals surface area contributed by atoms with Crippen molar-refractivity contribution in [1.29, 1.82) is 0 Å². The molecule has 5 nitrogen and oxygen atoms in total. The molecule has 0 aliphatic rings. The van der Waals surface area contributed by atoms with Crippen molar-refractivity contribution in [2.24, 2.45) is 0 Å². The second kappa shape index (κ2) is 7.70. The summed E-state index contributed by atoms with van der Waals surface area (Å²) in [5.74, 6) is -0.394. The van der Waals surface area contributed by atoms with Gasteiger partial charge in [0.1, 0.15) is 5.75 Å². The zero-order chi connectivity index (χ0) is 18.5. The summed E-state index contributed by atoms with van der Waals surface area (Å²) in [5.41, 5.74) is 2.70. The summed E-state index contributed by atoms with van der Waals surface area (Å²) < 4.78 is 12.3. The predicted octanol–water partition coefficient (Wildman–Crippen LogP) is 3.83. The van der Waals surface area contributed by atoms with Gasteiger partial charge >= 0.3 is 5.97 Å². The van der Waals surface area contributed by atoms with Crippen LogP contribution in [0, 0.1) is 6.92 Å². The Morgan fingerprint density at radius 3 is 2.46 bits per heavy atom. The lowest BCUT2D eigenvalue weighted by atomic mass is 10.1. The van der Waals surface area contributed by atoms with E-state index in [0.717, 1.165) is 11.3 Å². The number of nitrogens with zero attached hydrogens (tertiary/aromatic N) is 1. The number of aromatic nitrogens is 1. The van der Waals surface area contributed by atoms with Gasteiger partial charge in [-0.2, -0.15) is 0 Å². The molecule has 3 aromatic rings. The van der Waals surface area contributed by atoms with E-state index in [0.29, 0.717) is 16.9 Å². The van der Waals surface area contributed by atoms with Crippen molar-refractivity contribution in [1.82, 2.24) is 4.57 Å². The van der Waals surface area contributed by atoms with Crippen LogP contribution in [0.2, 0.25) is 0 Å². The molecule has 0 fully saturated rings. The monoisotopic (exact) mass is 349 g/mol. The van der Waals surface area contributed by atoms with Crippen LogP contribution in [0.3, 0.4) is 0 Å². The van der Waals surface area contributed by atoms with Crippen molar-refractivity contribution in [3.8, 4) is 11.4 Å². The molecule has 0 N–H and O–H groups in total. The normalized spacial score (nSPS) is 10.4. The van der Waals surface area contributed by atoms with Crippen LogP contribution in [-0.2, 0) is 4.74 Å². The smallest absolute Gasteiger partial charge is 0.338 e. The minimum atomic E-state index is -0.540. The highest BCUT2D eigenvalue weighted by atomic mass is 16.5. The van der Waals surface area contributed by atoms with Gasteiger partial charge < -0.3 is 14.0 Å². The molecule has 5 heteroatoms. The van der Waals surface area contributed by atoms with Gasteiger partial charge in [0.2, 0.25) is 5.78 Å². The largest absolute Gasteiger partial charge is 0.496 e. The number of ether oxygens (including phenoxy) is 2. The number of rotatable bonds is 6. The van der Waals surface area contributed by atoms with Crippen LogP contribution in [0.25, 0.3) is 5.69 Å². The van der Waals surface area contributed by atoms with Crippen molar-refractivity contribution in [2.45, 2.75) is 6.92 Å². The third kappa shape index (κ3) is 3.67. The van der Waals surface area contributed by atoms with E-state index in [-0.39, 0.29) is 12.4 Å². The molecule has 0 saturated carbocycles. The number of esters is 1. The lowest BCUT2D eigenvalue weighted by Crippen LogP contribution is -2.15. The van der Waals surface area contributed by atoms with E-state index in [9.17, 15) is 9.59 Å². The van der Waals surface area contributed by atoms with Crippen LogP contribution in [0.5, 0.6) is 5.75 Å². The summed E-state index contributed by atoms with van der Waals surface area (Å²) in [5, 5.41) is 0. The lowest BCUT2D eigenvalue weighted by molar-refractivity contribution is 0.0474. The second-order valence-corrected chi connectivity index (χ2v) is 5.79. The Balaban J connectivity index is 1.73. The molecule has 0 radical (unpaired) electrons. The summed E-state index contributed by atoms with van der Waals surface area (Å²) in [6.45, 7) is 1.63. The molecule has 0 spiro atoms. The summed E-state index contributed by atoms with van der Waals surface area (Å²) in [6.07, 6.45) is 3.81. The van der Waals surface area contributed by atoms with Crippen LogP contribution in [0.1, 0.15) is 26.3 Å². The third-order valence-corrected chi connectivity index (χ3v) is 4.07. The Kier molecular flexibility index (Phi) is 5.17. The molecule has 132 valence electrons. The molecule has 1 aromatic heterocycles. The van der Waals surface area contributed by atoms with Crippen molar-refractivity contribution in [2.75, 3.05) is 13.7 Å². The quantitative estimate of drug-likeness (QED) is 0.501. The number of carbonyl (C=O) groups excluding carboxylic acids is 2. The minimum absolute atomic E-state index is 0.312. The molecule has 3 rings (SSSR count). The number of carbonyl (C=O) groups is 2. The molecule has 0 unspecified atom stereocenters. The van der Waals surface area contributed by atoms with Gasteiger partial charge in [0.15, 0.2) is 6.61 Å². The fourth-order valence-electron chi connectivity index (χ4n) is 2.68. The molecule has 0 saturated heterocycles. The lowest BCUT2D eigenvalue weighted by Gasteiger charge is -2.11. The maximum Gasteiger partial charge on any atom is 0.338 e. The average molecular weight is 349 g/mol. The molecular weight excluding hydrogens is 330 g/mol. The highest BCUT2D eigenvalue weighted by molar-refractivity contribution is 6.01. The fourth-order valence-corrected chi connectivity index (χ4v) is 2.68. The van der Waals surface area contributed by atoms with Crippen LogP contribution < -0.4 is 4.74 Å². The number of benzene rings is 2. The van der Waals surface area contributed by atoms with Gasteiger partial charge in [0, 0.05) is 18.1 Å². The molecule has 2 aromatic carbocycles. The summed E-state index contributed by atoms with van der Waals surface area (Å²) in [6, 6.07) is 16.0. The zero-order valence-electron chi connectivity index (χ0n) is 14.6. The number of methoxy groups -OCH3 is 1. The van der Waals surface area contributed by atoms with Crippen molar-refractivity contribution < 1.29 is 19.1 Å². The third-order valence-electron chi connectivity index (χ3n) is 4.07. The maximum absolute atomic E-state index is 12.4. The summed E-state index contributed by atoms with van der Waals surface area (Å²) in [7, 11) is 1.49. The van der Waals surface area contributed by atoms with Crippen LogP contribution in [0.4, 0.5) is 0 Å². The molecular formula is C21H19NO4. The highest BCUT2D eigenvalue weighted by Gasteiger charge is 2.16. The number of hydrogen-bond donors (Lipinski definition) is 0. The zero-order valence-corrected chi connectivity index (χ0v) is 14.6. The topological polar surface area (TPSA) is 57.5 Å². The van der Waals surface area contributed by atoms with Crippen molar-refractivity contribution in [3.63, 3.8) is 0 Å². The summed E-state index contributed by atoms with van der Waals surface area (Å²) in [4.78, 5) is 24.7. The molecule has 26 heavy (non-hydrogen) atoms. The van der Waals surface area contributed by atoms with E-state index in [1.165, 1.54) is 7.11 Å².